The molecule has 188 valence electrons. The summed E-state index contributed by atoms with van der Waals surface area (Å²) in [4.78, 5) is 17.0. The fourth-order valence-corrected chi connectivity index (χ4v) is 3.74. The van der Waals surface area contributed by atoms with Crippen LogP contribution in [0, 0.1) is 11.3 Å². The number of halogens is 3. The number of phenols is 1. The van der Waals surface area contributed by atoms with Gasteiger partial charge in [0.25, 0.3) is 5.91 Å². The van der Waals surface area contributed by atoms with E-state index in [1.807, 2.05) is 6.07 Å². The molecule has 0 saturated carbocycles. The summed E-state index contributed by atoms with van der Waals surface area (Å²) in [6.45, 7) is 4.70. The van der Waals surface area contributed by atoms with Crippen LogP contribution in [-0.4, -0.2) is 27.6 Å². The summed E-state index contributed by atoms with van der Waals surface area (Å²) in [6, 6.07) is 17.0. The molecule has 2 N–H and O–H groups in total. The molecule has 0 spiro atoms. The number of nitriles is 1. The Morgan fingerprint density at radius 3 is 2.47 bits per heavy atom. The number of aromatic nitrogens is 1. The zero-order chi connectivity index (χ0) is 26.5. The number of carbonyl (C=O) groups excluding carboxylic acids is 1. The predicted molar refractivity (Wildman–Crippen MR) is 127 cm³/mol. The molecule has 0 radical (unpaired) electrons. The van der Waals surface area contributed by atoms with Crippen LogP contribution in [0.4, 0.5) is 13.2 Å². The van der Waals surface area contributed by atoms with Crippen molar-refractivity contribution >= 4 is 5.91 Å². The Labute approximate surface area is 207 Å². The van der Waals surface area contributed by atoms with E-state index in [-0.39, 0.29) is 17.5 Å². The highest BCUT2D eigenvalue weighted by molar-refractivity contribution is 5.85. The lowest BCUT2D eigenvalue weighted by atomic mass is 9.85. The van der Waals surface area contributed by atoms with Crippen LogP contribution in [0.2, 0.25) is 0 Å². The highest BCUT2D eigenvalue weighted by atomic mass is 19.4. The molecule has 9 heteroatoms. The van der Waals surface area contributed by atoms with Crippen LogP contribution in [0.15, 0.2) is 66.9 Å². The minimum absolute atomic E-state index is 0.130. The minimum atomic E-state index is -4.57. The molecule has 3 aromatic rings. The smallest absolute Gasteiger partial charge is 0.416 e. The first-order valence-corrected chi connectivity index (χ1v) is 11.2. The maximum Gasteiger partial charge on any atom is 0.416 e. The van der Waals surface area contributed by atoms with Crippen LogP contribution in [0.1, 0.15) is 48.9 Å². The summed E-state index contributed by atoms with van der Waals surface area (Å²) in [5.74, 6) is -0.985. The highest BCUT2D eigenvalue weighted by Gasteiger charge is 2.35. The van der Waals surface area contributed by atoms with E-state index >= 15 is 0 Å². The van der Waals surface area contributed by atoms with Gasteiger partial charge in [0.05, 0.1) is 17.2 Å². The van der Waals surface area contributed by atoms with Crippen LogP contribution < -0.4 is 10.1 Å². The van der Waals surface area contributed by atoms with E-state index in [9.17, 15) is 28.3 Å². The summed E-state index contributed by atoms with van der Waals surface area (Å²) in [7, 11) is 0. The van der Waals surface area contributed by atoms with Crippen LogP contribution in [0.5, 0.6) is 11.6 Å². The molecule has 0 fully saturated rings. The molecule has 0 aliphatic rings. The lowest BCUT2D eigenvalue weighted by molar-refractivity contribution is -0.138. The van der Waals surface area contributed by atoms with Crippen molar-refractivity contribution in [3.8, 4) is 17.7 Å². The third-order valence-electron chi connectivity index (χ3n) is 5.77. The van der Waals surface area contributed by atoms with Gasteiger partial charge in [-0.2, -0.15) is 18.4 Å². The second-order valence-corrected chi connectivity index (χ2v) is 8.97. The first-order valence-electron chi connectivity index (χ1n) is 11.2. The maximum atomic E-state index is 13.1. The summed E-state index contributed by atoms with van der Waals surface area (Å²) < 4.78 is 44.7. The van der Waals surface area contributed by atoms with Gasteiger partial charge in [0.1, 0.15) is 5.75 Å². The molecule has 0 bridgehead atoms. The van der Waals surface area contributed by atoms with Crippen molar-refractivity contribution in [2.45, 2.75) is 50.9 Å². The van der Waals surface area contributed by atoms with Crippen LogP contribution in [0.3, 0.4) is 0 Å². The number of alkyl halides is 3. The molecule has 1 heterocycles. The average Bonchev–Trinajstić information content (AvgIpc) is 2.83. The van der Waals surface area contributed by atoms with Crippen LogP contribution in [-0.2, 0) is 17.4 Å². The van der Waals surface area contributed by atoms with Gasteiger partial charge in [-0.25, -0.2) is 4.98 Å². The molecule has 2 unspecified atom stereocenters. The van der Waals surface area contributed by atoms with E-state index in [1.54, 1.807) is 49.4 Å². The molecule has 2 aromatic carbocycles. The van der Waals surface area contributed by atoms with E-state index < -0.39 is 29.3 Å². The molecule has 2 atom stereocenters. The number of rotatable bonds is 8. The Balaban J connectivity index is 1.82. The van der Waals surface area contributed by atoms with Gasteiger partial charge >= 0.3 is 6.18 Å². The lowest BCUT2D eigenvalue weighted by Crippen LogP contribution is -2.51. The fraction of sp³-hybridized carbons (Fsp3) is 0.296. The van der Waals surface area contributed by atoms with Crippen molar-refractivity contribution < 1.29 is 27.8 Å². The number of ether oxygens (including phenoxy) is 1. The topological polar surface area (TPSA) is 95.2 Å². The maximum absolute atomic E-state index is 13.1. The Bertz CT molecular complexity index is 1250. The van der Waals surface area contributed by atoms with E-state index in [0.29, 0.717) is 12.0 Å². The zero-order valence-electron chi connectivity index (χ0n) is 20.0. The third kappa shape index (κ3) is 6.75. The Hall–Kier alpha value is -4.06. The number of pyridine rings is 1. The largest absolute Gasteiger partial charge is 0.508 e. The molecular weight excluding hydrogens is 471 g/mol. The molecule has 36 heavy (non-hydrogen) atoms. The summed E-state index contributed by atoms with van der Waals surface area (Å²) in [6.07, 6.45) is -3.10. The number of carbonyl (C=O) groups is 1. The van der Waals surface area contributed by atoms with E-state index in [4.69, 9.17) is 4.74 Å². The number of hydrogen-bond donors (Lipinski definition) is 2. The fourth-order valence-electron chi connectivity index (χ4n) is 3.74. The normalized spacial score (nSPS) is 13.4. The van der Waals surface area contributed by atoms with Gasteiger partial charge in [0.15, 0.2) is 5.60 Å². The second kappa shape index (κ2) is 10.7. The third-order valence-corrected chi connectivity index (χ3v) is 5.77. The van der Waals surface area contributed by atoms with Crippen molar-refractivity contribution in [1.29, 1.82) is 5.26 Å². The first-order chi connectivity index (χ1) is 16.9. The Morgan fingerprint density at radius 1 is 1.14 bits per heavy atom. The quantitative estimate of drug-likeness (QED) is 0.437. The van der Waals surface area contributed by atoms with Crippen molar-refractivity contribution in [3.05, 3.63) is 89.1 Å². The average molecular weight is 498 g/mol. The molecule has 1 amide bonds. The van der Waals surface area contributed by atoms with Gasteiger partial charge in [-0.05, 0) is 68.7 Å². The number of nitrogens with one attached hydrogen (secondary N) is 1. The van der Waals surface area contributed by atoms with E-state index in [0.717, 1.165) is 29.5 Å². The van der Waals surface area contributed by atoms with Crippen molar-refractivity contribution in [1.82, 2.24) is 10.3 Å². The van der Waals surface area contributed by atoms with Gasteiger partial charge in [-0.15, -0.1) is 0 Å². The van der Waals surface area contributed by atoms with Crippen LogP contribution in [0.25, 0.3) is 0 Å². The lowest BCUT2D eigenvalue weighted by Gasteiger charge is -2.31. The second-order valence-electron chi connectivity index (χ2n) is 8.97. The molecule has 0 aliphatic carbocycles. The predicted octanol–water partition coefficient (Wildman–Crippen LogP) is 5.37. The molecule has 3 rings (SSSR count). The van der Waals surface area contributed by atoms with Gasteiger partial charge in [-0.3, -0.25) is 4.79 Å². The van der Waals surface area contributed by atoms with E-state index in [2.05, 4.69) is 16.4 Å². The number of benzene rings is 2. The number of phenolic OH excluding ortho intramolecular Hbond substituents is 1. The molecule has 6 nitrogen and oxygen atoms in total. The number of aromatic hydroxyl groups is 1. The highest BCUT2D eigenvalue weighted by Crippen LogP contribution is 2.31. The van der Waals surface area contributed by atoms with Gasteiger partial charge in [0.2, 0.25) is 5.88 Å². The molecule has 1 aromatic heterocycles. The standard InChI is InChI=1S/C27H26F3N3O3/c1-17(33-25(35)26(2,3)36-24-15-21(11-12-32-24)27(28,29)30)23(14-18-7-9-22(34)10-8-18)20-6-4-5-19(13-20)16-31/h4-13,15,17,23,34H,14H2,1-3H3,(H,33,35). The zero-order valence-corrected chi connectivity index (χ0v) is 20.0. The Kier molecular flexibility index (Phi) is 7.88. The van der Waals surface area contributed by atoms with E-state index in [1.165, 1.54) is 13.8 Å². The summed E-state index contributed by atoms with van der Waals surface area (Å²) in [5, 5.41) is 21.8. The van der Waals surface area contributed by atoms with Crippen molar-refractivity contribution in [2.24, 2.45) is 0 Å². The number of amides is 1. The summed E-state index contributed by atoms with van der Waals surface area (Å²) >= 11 is 0. The summed E-state index contributed by atoms with van der Waals surface area (Å²) in [5.41, 5.74) is -0.245. The van der Waals surface area contributed by atoms with Crippen LogP contribution >= 0.6 is 0 Å². The molecule has 0 aliphatic heterocycles. The SMILES string of the molecule is CC(NC(=O)C(C)(C)Oc1cc(C(F)(F)F)ccn1)C(Cc1ccc(O)cc1)c1cccc(C#N)c1. The van der Waals surface area contributed by atoms with Gasteiger partial charge in [0, 0.05) is 24.2 Å². The molecule has 0 saturated heterocycles. The van der Waals surface area contributed by atoms with Crippen molar-refractivity contribution in [3.63, 3.8) is 0 Å². The first kappa shape index (κ1) is 26.5. The van der Waals surface area contributed by atoms with Crippen molar-refractivity contribution in [2.75, 3.05) is 0 Å². The monoisotopic (exact) mass is 497 g/mol. The van der Waals surface area contributed by atoms with Gasteiger partial charge < -0.3 is 15.2 Å². The molecular formula is C27H26F3N3O3. The number of nitrogens with zero attached hydrogens (tertiary/aromatic N) is 2. The Morgan fingerprint density at radius 2 is 1.83 bits per heavy atom. The minimum Gasteiger partial charge on any atom is -0.508 e. The number of hydrogen-bond acceptors (Lipinski definition) is 5. The van der Waals surface area contributed by atoms with Gasteiger partial charge in [-0.1, -0.05) is 24.3 Å².